The van der Waals surface area contributed by atoms with Gasteiger partial charge in [0.1, 0.15) is 11.3 Å². The molecule has 1 aromatic heterocycles. The molecule has 0 saturated carbocycles. The van der Waals surface area contributed by atoms with Gasteiger partial charge in [0.05, 0.1) is 4.90 Å². The minimum Gasteiger partial charge on any atom is -0.423 e. The minimum absolute atomic E-state index is 0.216. The summed E-state index contributed by atoms with van der Waals surface area (Å²) in [5, 5.41) is 2.94. The van der Waals surface area contributed by atoms with E-state index >= 15 is 0 Å². The predicted octanol–water partition coefficient (Wildman–Crippen LogP) is 3.89. The third-order valence-corrected chi connectivity index (χ3v) is 6.30. The van der Waals surface area contributed by atoms with Crippen LogP contribution in [0.5, 0.6) is 0 Å². The summed E-state index contributed by atoms with van der Waals surface area (Å²) in [5.41, 5.74) is 1.55. The van der Waals surface area contributed by atoms with E-state index in [1.54, 1.807) is 24.3 Å². The monoisotopic (exact) mass is 375 g/mol. The van der Waals surface area contributed by atoms with Gasteiger partial charge in [-0.2, -0.15) is 9.29 Å². The molecule has 1 fully saturated rings. The molecule has 26 heavy (non-hydrogen) atoms. The number of fused-ring (bicyclic) bond motifs is 1. The van der Waals surface area contributed by atoms with Crippen molar-refractivity contribution in [3.63, 3.8) is 0 Å². The first-order chi connectivity index (χ1) is 12.5. The summed E-state index contributed by atoms with van der Waals surface area (Å²) in [4.78, 5) is 4.51. The molecule has 2 aromatic carbocycles. The molecule has 4 rings (SSSR count). The van der Waals surface area contributed by atoms with Gasteiger partial charge in [0.25, 0.3) is 6.01 Å². The summed E-state index contributed by atoms with van der Waals surface area (Å²) in [6, 6.07) is 10.7. The number of sulfonamides is 1. The van der Waals surface area contributed by atoms with Crippen molar-refractivity contribution in [3.8, 4) is 0 Å². The van der Waals surface area contributed by atoms with Gasteiger partial charge >= 0.3 is 0 Å². The maximum atomic E-state index is 13.0. The summed E-state index contributed by atoms with van der Waals surface area (Å²) in [6.07, 6.45) is 2.83. The Balaban J connectivity index is 1.62. The zero-order valence-corrected chi connectivity index (χ0v) is 14.8. The number of halogens is 1. The quantitative estimate of drug-likeness (QED) is 0.749. The third-order valence-electron chi connectivity index (χ3n) is 4.41. The van der Waals surface area contributed by atoms with Crippen LogP contribution in [0.4, 0.5) is 16.1 Å². The van der Waals surface area contributed by atoms with Crippen LogP contribution in [0.15, 0.2) is 51.8 Å². The summed E-state index contributed by atoms with van der Waals surface area (Å²) < 4.78 is 45.6. The van der Waals surface area contributed by atoms with Crippen molar-refractivity contribution in [1.29, 1.82) is 0 Å². The first-order valence-electron chi connectivity index (χ1n) is 8.46. The van der Waals surface area contributed by atoms with Gasteiger partial charge in [-0.1, -0.05) is 6.42 Å². The van der Waals surface area contributed by atoms with Crippen LogP contribution in [0.2, 0.25) is 0 Å². The Morgan fingerprint density at radius 2 is 1.77 bits per heavy atom. The molecular weight excluding hydrogens is 357 g/mol. The Labute approximate surface area is 150 Å². The first kappa shape index (κ1) is 17.0. The molecular formula is C18H18FN3O3S. The fourth-order valence-electron chi connectivity index (χ4n) is 3.03. The van der Waals surface area contributed by atoms with Crippen molar-refractivity contribution >= 4 is 32.8 Å². The van der Waals surface area contributed by atoms with Crippen LogP contribution in [0, 0.1) is 5.82 Å². The molecule has 1 aliphatic heterocycles. The fourth-order valence-corrected chi connectivity index (χ4v) is 4.57. The number of nitrogens with one attached hydrogen (secondary N) is 1. The highest BCUT2D eigenvalue weighted by molar-refractivity contribution is 7.89. The Morgan fingerprint density at radius 3 is 2.50 bits per heavy atom. The van der Waals surface area contributed by atoms with Crippen LogP contribution >= 0.6 is 0 Å². The second kappa shape index (κ2) is 6.69. The number of anilines is 2. The molecule has 1 aliphatic rings. The maximum Gasteiger partial charge on any atom is 0.300 e. The summed E-state index contributed by atoms with van der Waals surface area (Å²) in [7, 11) is -3.52. The number of piperidine rings is 1. The second-order valence-corrected chi connectivity index (χ2v) is 8.18. The second-order valence-electron chi connectivity index (χ2n) is 6.25. The average molecular weight is 375 g/mol. The maximum absolute atomic E-state index is 13.0. The number of hydrogen-bond donors (Lipinski definition) is 1. The van der Waals surface area contributed by atoms with Crippen molar-refractivity contribution in [1.82, 2.24) is 9.29 Å². The van der Waals surface area contributed by atoms with E-state index in [9.17, 15) is 12.8 Å². The van der Waals surface area contributed by atoms with Crippen LogP contribution in [0.25, 0.3) is 11.1 Å². The average Bonchev–Trinajstić information content (AvgIpc) is 3.06. The SMILES string of the molecule is O=S(=O)(c1ccc2oc(Nc3ccc(F)cc3)nc2c1)N1CCCCC1. The first-order valence-corrected chi connectivity index (χ1v) is 9.90. The lowest BCUT2D eigenvalue weighted by Crippen LogP contribution is -2.35. The number of benzene rings is 2. The molecule has 0 atom stereocenters. The number of hydrogen-bond acceptors (Lipinski definition) is 5. The number of nitrogens with zero attached hydrogens (tertiary/aromatic N) is 2. The van der Waals surface area contributed by atoms with Crippen molar-refractivity contribution in [2.45, 2.75) is 24.2 Å². The molecule has 0 bridgehead atoms. The summed E-state index contributed by atoms with van der Waals surface area (Å²) in [6.45, 7) is 1.10. The minimum atomic E-state index is -3.52. The Kier molecular flexibility index (Phi) is 4.37. The zero-order valence-electron chi connectivity index (χ0n) is 14.0. The van der Waals surface area contributed by atoms with Gasteiger partial charge in [-0.15, -0.1) is 0 Å². The third kappa shape index (κ3) is 3.30. The van der Waals surface area contributed by atoms with Crippen molar-refractivity contribution in [2.75, 3.05) is 18.4 Å². The molecule has 1 N–H and O–H groups in total. The van der Waals surface area contributed by atoms with Crippen molar-refractivity contribution in [2.24, 2.45) is 0 Å². The Morgan fingerprint density at radius 1 is 1.04 bits per heavy atom. The van der Waals surface area contributed by atoms with Crippen LogP contribution in [0.3, 0.4) is 0 Å². The van der Waals surface area contributed by atoms with Gasteiger partial charge in [0.2, 0.25) is 10.0 Å². The van der Waals surface area contributed by atoms with E-state index in [1.165, 1.54) is 22.5 Å². The van der Waals surface area contributed by atoms with E-state index in [-0.39, 0.29) is 16.7 Å². The van der Waals surface area contributed by atoms with E-state index in [0.29, 0.717) is 29.9 Å². The Hall–Kier alpha value is -2.45. The number of rotatable bonds is 4. The predicted molar refractivity (Wildman–Crippen MR) is 96.3 cm³/mol. The highest BCUT2D eigenvalue weighted by Gasteiger charge is 2.26. The van der Waals surface area contributed by atoms with Gasteiger partial charge in [-0.3, -0.25) is 0 Å². The van der Waals surface area contributed by atoms with E-state index < -0.39 is 10.0 Å². The molecule has 0 spiro atoms. The molecule has 1 saturated heterocycles. The largest absolute Gasteiger partial charge is 0.423 e. The van der Waals surface area contributed by atoms with E-state index in [2.05, 4.69) is 10.3 Å². The summed E-state index contributed by atoms with van der Waals surface area (Å²) in [5.74, 6) is -0.333. The van der Waals surface area contributed by atoms with Gasteiger partial charge in [0.15, 0.2) is 5.58 Å². The fraction of sp³-hybridized carbons (Fsp3) is 0.278. The van der Waals surface area contributed by atoms with Crippen LogP contribution in [-0.4, -0.2) is 30.8 Å². The normalized spacial score (nSPS) is 16.0. The molecule has 6 nitrogen and oxygen atoms in total. The highest BCUT2D eigenvalue weighted by atomic mass is 32.2. The number of oxazole rings is 1. The molecule has 2 heterocycles. The topological polar surface area (TPSA) is 75.4 Å². The van der Waals surface area contributed by atoms with Gasteiger partial charge in [-0.25, -0.2) is 12.8 Å². The highest BCUT2D eigenvalue weighted by Crippen LogP contribution is 2.27. The van der Waals surface area contributed by atoms with Crippen LogP contribution in [0.1, 0.15) is 19.3 Å². The Bertz CT molecular complexity index is 1030. The zero-order chi connectivity index (χ0) is 18.1. The van der Waals surface area contributed by atoms with Gasteiger partial charge in [-0.05, 0) is 55.3 Å². The number of aromatic nitrogens is 1. The standard InChI is InChI=1S/C18H18FN3O3S/c19-13-4-6-14(7-5-13)20-18-21-16-12-15(8-9-17(16)25-18)26(23,24)22-10-2-1-3-11-22/h4-9,12H,1-3,10-11H2,(H,20,21). The van der Waals surface area contributed by atoms with E-state index in [1.807, 2.05) is 0 Å². The molecule has 0 unspecified atom stereocenters. The van der Waals surface area contributed by atoms with E-state index in [0.717, 1.165) is 19.3 Å². The van der Waals surface area contributed by atoms with Gasteiger partial charge < -0.3 is 9.73 Å². The molecule has 8 heteroatoms. The molecule has 0 aliphatic carbocycles. The lowest BCUT2D eigenvalue weighted by molar-refractivity contribution is 0.346. The van der Waals surface area contributed by atoms with Gasteiger partial charge in [0, 0.05) is 18.8 Å². The van der Waals surface area contributed by atoms with Crippen LogP contribution < -0.4 is 5.32 Å². The smallest absolute Gasteiger partial charge is 0.300 e. The molecule has 0 radical (unpaired) electrons. The summed E-state index contributed by atoms with van der Waals surface area (Å²) >= 11 is 0. The molecule has 0 amide bonds. The van der Waals surface area contributed by atoms with Crippen molar-refractivity contribution in [3.05, 3.63) is 48.3 Å². The molecule has 3 aromatic rings. The lowest BCUT2D eigenvalue weighted by Gasteiger charge is -2.25. The van der Waals surface area contributed by atoms with Crippen molar-refractivity contribution < 1.29 is 17.2 Å². The molecule has 136 valence electrons. The van der Waals surface area contributed by atoms with Crippen LogP contribution in [-0.2, 0) is 10.0 Å². The lowest BCUT2D eigenvalue weighted by atomic mass is 10.2. The van der Waals surface area contributed by atoms with E-state index in [4.69, 9.17) is 4.42 Å².